The van der Waals surface area contributed by atoms with Crippen LogP contribution in [0, 0.1) is 6.92 Å². The summed E-state index contributed by atoms with van der Waals surface area (Å²) >= 11 is 5.03. The molecule has 0 spiro atoms. The first-order valence-electron chi connectivity index (χ1n) is 10.8. The number of aromatic nitrogens is 2. The second-order valence-corrected chi connectivity index (χ2v) is 9.98. The number of thiophene rings is 1. The number of aryl methyl sites for hydroxylation is 1. The molecule has 6 nitrogen and oxygen atoms in total. The molecular formula is C26H21BrN4O2S. The van der Waals surface area contributed by atoms with Crippen molar-refractivity contribution in [2.75, 3.05) is 0 Å². The fourth-order valence-electron chi connectivity index (χ4n) is 3.92. The molecule has 8 heteroatoms. The molecule has 1 atom stereocenters. The number of hydrazone groups is 1. The van der Waals surface area contributed by atoms with Gasteiger partial charge in [-0.15, -0.1) is 11.3 Å². The van der Waals surface area contributed by atoms with Crippen LogP contribution in [0.25, 0.3) is 11.3 Å². The Labute approximate surface area is 209 Å². The highest BCUT2D eigenvalue weighted by atomic mass is 79.9. The van der Waals surface area contributed by atoms with Gasteiger partial charge in [0, 0.05) is 22.5 Å². The molecule has 1 amide bonds. The van der Waals surface area contributed by atoms with Crippen molar-refractivity contribution in [2.24, 2.45) is 5.10 Å². The fourth-order valence-corrected chi connectivity index (χ4v) is 4.90. The van der Waals surface area contributed by atoms with Crippen LogP contribution in [-0.2, 0) is 11.3 Å². The van der Waals surface area contributed by atoms with Gasteiger partial charge >= 0.3 is 0 Å². The summed E-state index contributed by atoms with van der Waals surface area (Å²) in [4.78, 5) is 27.0. The van der Waals surface area contributed by atoms with Crippen molar-refractivity contribution in [1.82, 2.24) is 14.8 Å². The second kappa shape index (κ2) is 9.48. The smallest absolute Gasteiger partial charge is 0.267 e. The van der Waals surface area contributed by atoms with E-state index in [9.17, 15) is 9.59 Å². The van der Waals surface area contributed by atoms with Gasteiger partial charge in [-0.25, -0.2) is 9.69 Å². The zero-order chi connectivity index (χ0) is 23.7. The Morgan fingerprint density at radius 3 is 2.53 bits per heavy atom. The van der Waals surface area contributed by atoms with Crippen molar-refractivity contribution in [3.05, 3.63) is 109 Å². The third kappa shape index (κ3) is 4.64. The van der Waals surface area contributed by atoms with Gasteiger partial charge in [-0.2, -0.15) is 10.2 Å². The van der Waals surface area contributed by atoms with Crippen molar-refractivity contribution in [3.8, 4) is 11.3 Å². The summed E-state index contributed by atoms with van der Waals surface area (Å²) in [6.45, 7) is 1.85. The largest absolute Gasteiger partial charge is 0.271 e. The molecule has 0 fully saturated rings. The molecule has 0 saturated carbocycles. The topological polar surface area (TPSA) is 67.6 Å². The zero-order valence-electron chi connectivity index (χ0n) is 18.4. The van der Waals surface area contributed by atoms with E-state index in [1.54, 1.807) is 17.4 Å². The molecule has 0 saturated heterocycles. The number of rotatable bonds is 5. The lowest BCUT2D eigenvalue weighted by atomic mass is 10.00. The highest BCUT2D eigenvalue weighted by molar-refractivity contribution is 9.10. The van der Waals surface area contributed by atoms with Crippen LogP contribution >= 0.6 is 27.3 Å². The molecule has 0 radical (unpaired) electrons. The van der Waals surface area contributed by atoms with Crippen molar-refractivity contribution in [1.29, 1.82) is 0 Å². The van der Waals surface area contributed by atoms with E-state index in [2.05, 4.69) is 26.1 Å². The molecule has 2 aromatic carbocycles. The number of hydrogen-bond donors (Lipinski definition) is 0. The van der Waals surface area contributed by atoms with Crippen LogP contribution in [0.1, 0.15) is 28.5 Å². The van der Waals surface area contributed by atoms with Crippen LogP contribution in [-0.4, -0.2) is 26.4 Å². The molecule has 0 N–H and O–H groups in total. The molecule has 2 aromatic heterocycles. The molecule has 1 aliphatic heterocycles. The number of hydrogen-bond acceptors (Lipinski definition) is 5. The molecule has 34 heavy (non-hydrogen) atoms. The molecule has 5 rings (SSSR count). The maximum absolute atomic E-state index is 13.4. The number of carbonyl (C=O) groups excluding carboxylic acids is 1. The quantitative estimate of drug-likeness (QED) is 0.344. The van der Waals surface area contributed by atoms with Crippen molar-refractivity contribution >= 4 is 38.9 Å². The van der Waals surface area contributed by atoms with Gasteiger partial charge in [0.15, 0.2) is 0 Å². The standard InChI is InChI=1S/C26H21BrN4O2S/c1-17-4-6-19(7-5-17)23-15-22(24-3-2-14-34-24)29-31(23)26(33)16-30-25(32)13-12-21(28-30)18-8-10-20(27)11-9-18/h2-14,23H,15-16H2,1H3. The third-order valence-corrected chi connectivity index (χ3v) is 7.17. The highest BCUT2D eigenvalue weighted by Crippen LogP contribution is 2.34. The van der Waals surface area contributed by atoms with Crippen molar-refractivity contribution in [3.63, 3.8) is 0 Å². The first-order chi connectivity index (χ1) is 16.5. The maximum atomic E-state index is 13.4. The van der Waals surface area contributed by atoms with Gasteiger partial charge in [-0.05, 0) is 42.1 Å². The predicted octanol–water partition coefficient (Wildman–Crippen LogP) is 5.42. The molecule has 4 aromatic rings. The lowest BCUT2D eigenvalue weighted by Gasteiger charge is -2.22. The number of halogens is 1. The monoisotopic (exact) mass is 532 g/mol. The van der Waals surface area contributed by atoms with E-state index in [1.165, 1.54) is 15.8 Å². The van der Waals surface area contributed by atoms with Gasteiger partial charge in [-0.1, -0.05) is 64.0 Å². The van der Waals surface area contributed by atoms with E-state index in [4.69, 9.17) is 0 Å². The van der Waals surface area contributed by atoms with E-state index in [1.807, 2.05) is 73.0 Å². The minimum absolute atomic E-state index is 0.188. The molecule has 3 heterocycles. The van der Waals surface area contributed by atoms with E-state index in [-0.39, 0.29) is 24.1 Å². The van der Waals surface area contributed by atoms with Gasteiger partial charge in [0.1, 0.15) is 6.54 Å². The minimum Gasteiger partial charge on any atom is -0.271 e. The van der Waals surface area contributed by atoms with Crippen LogP contribution in [0.5, 0.6) is 0 Å². The van der Waals surface area contributed by atoms with E-state index >= 15 is 0 Å². The normalized spacial score (nSPS) is 15.4. The van der Waals surface area contributed by atoms with Crippen LogP contribution in [0.2, 0.25) is 0 Å². The number of benzene rings is 2. The third-order valence-electron chi connectivity index (χ3n) is 5.73. The summed E-state index contributed by atoms with van der Waals surface area (Å²) in [6.07, 6.45) is 0.622. The summed E-state index contributed by atoms with van der Waals surface area (Å²) in [5, 5.41) is 12.7. The summed E-state index contributed by atoms with van der Waals surface area (Å²) in [5.41, 5.74) is 4.19. The summed E-state index contributed by atoms with van der Waals surface area (Å²) in [5.74, 6) is -0.278. The predicted molar refractivity (Wildman–Crippen MR) is 138 cm³/mol. The Bertz CT molecular complexity index is 1410. The Kier molecular flexibility index (Phi) is 6.26. The molecular weight excluding hydrogens is 512 g/mol. The van der Waals surface area contributed by atoms with Crippen LogP contribution in [0.4, 0.5) is 0 Å². The molecule has 1 unspecified atom stereocenters. The highest BCUT2D eigenvalue weighted by Gasteiger charge is 2.33. The SMILES string of the molecule is Cc1ccc(C2CC(c3cccs3)=NN2C(=O)Cn2nc(-c3ccc(Br)cc3)ccc2=O)cc1. The van der Waals surface area contributed by atoms with Gasteiger partial charge in [0.05, 0.1) is 22.3 Å². The molecule has 0 aliphatic carbocycles. The molecule has 170 valence electrons. The van der Waals surface area contributed by atoms with Crippen LogP contribution in [0.3, 0.4) is 0 Å². The van der Waals surface area contributed by atoms with Gasteiger partial charge in [0.25, 0.3) is 11.5 Å². The lowest BCUT2D eigenvalue weighted by Crippen LogP contribution is -2.34. The molecule has 1 aliphatic rings. The van der Waals surface area contributed by atoms with E-state index in [0.717, 1.165) is 31.8 Å². The van der Waals surface area contributed by atoms with E-state index in [0.29, 0.717) is 12.1 Å². The Morgan fingerprint density at radius 2 is 1.82 bits per heavy atom. The first kappa shape index (κ1) is 22.4. The number of amides is 1. The average molecular weight is 533 g/mol. The van der Waals surface area contributed by atoms with E-state index < -0.39 is 0 Å². The Balaban J connectivity index is 1.45. The minimum atomic E-state index is -0.331. The van der Waals surface area contributed by atoms with Gasteiger partial charge in [-0.3, -0.25) is 9.59 Å². The van der Waals surface area contributed by atoms with Gasteiger partial charge < -0.3 is 0 Å². The zero-order valence-corrected chi connectivity index (χ0v) is 20.8. The van der Waals surface area contributed by atoms with Crippen LogP contribution in [0.15, 0.2) is 92.5 Å². The van der Waals surface area contributed by atoms with Crippen LogP contribution < -0.4 is 5.56 Å². The summed E-state index contributed by atoms with van der Waals surface area (Å²) in [7, 11) is 0. The average Bonchev–Trinajstić information content (AvgIpc) is 3.52. The summed E-state index contributed by atoms with van der Waals surface area (Å²) in [6, 6.07) is 22.7. The van der Waals surface area contributed by atoms with Crippen molar-refractivity contribution in [2.45, 2.75) is 25.9 Å². The van der Waals surface area contributed by atoms with Gasteiger partial charge in [0.2, 0.25) is 0 Å². The lowest BCUT2D eigenvalue weighted by molar-refractivity contribution is -0.133. The fraction of sp³-hybridized carbons (Fsp3) is 0.154. The second-order valence-electron chi connectivity index (χ2n) is 8.11. The Hall–Kier alpha value is -3.36. The number of carbonyl (C=O) groups is 1. The number of nitrogens with zero attached hydrogens (tertiary/aromatic N) is 4. The molecule has 0 bridgehead atoms. The summed E-state index contributed by atoms with van der Waals surface area (Å²) < 4.78 is 2.17. The first-order valence-corrected chi connectivity index (χ1v) is 12.5. The maximum Gasteiger partial charge on any atom is 0.267 e. The Morgan fingerprint density at radius 1 is 1.06 bits per heavy atom. The van der Waals surface area contributed by atoms with Crippen molar-refractivity contribution < 1.29 is 4.79 Å².